The molecule has 1 fully saturated rings. The zero-order valence-corrected chi connectivity index (χ0v) is 13.4. The summed E-state index contributed by atoms with van der Waals surface area (Å²) in [5.41, 5.74) is 0. The van der Waals surface area contributed by atoms with Gasteiger partial charge in [0, 0.05) is 20.2 Å². The highest BCUT2D eigenvalue weighted by molar-refractivity contribution is 5.02. The summed E-state index contributed by atoms with van der Waals surface area (Å²) >= 11 is 0. The number of methoxy groups -OCH3 is 1. The van der Waals surface area contributed by atoms with Crippen LogP contribution in [0.4, 0.5) is 0 Å². The quantitative estimate of drug-likeness (QED) is 0.859. The second-order valence-corrected chi connectivity index (χ2v) is 5.72. The van der Waals surface area contributed by atoms with Crippen molar-refractivity contribution in [3.8, 4) is 0 Å². The van der Waals surface area contributed by atoms with Crippen molar-refractivity contribution in [2.24, 2.45) is 0 Å². The second kappa shape index (κ2) is 6.53. The van der Waals surface area contributed by atoms with Crippen LogP contribution in [0.2, 0.25) is 0 Å². The van der Waals surface area contributed by atoms with Crippen LogP contribution < -0.4 is 0 Å². The number of hydrogen-bond donors (Lipinski definition) is 1. The molecule has 0 saturated carbocycles. The highest BCUT2D eigenvalue weighted by Crippen LogP contribution is 2.32. The fourth-order valence-electron chi connectivity index (χ4n) is 3.10. The van der Waals surface area contributed by atoms with Gasteiger partial charge in [0.15, 0.2) is 0 Å². The highest BCUT2D eigenvalue weighted by atomic mass is 16.5. The molecule has 1 aliphatic rings. The normalized spacial score (nSPS) is 22.5. The first-order valence-corrected chi connectivity index (χ1v) is 7.73. The lowest BCUT2D eigenvalue weighted by Gasteiger charge is -2.22. The molecule has 120 valence electrons. The minimum atomic E-state index is 0.180. The molecular formula is C14H23N7O. The molecule has 0 unspecified atom stereocenters. The van der Waals surface area contributed by atoms with Crippen LogP contribution >= 0.6 is 0 Å². The Hall–Kier alpha value is -1.80. The average Bonchev–Trinajstić information content (AvgIpc) is 3.23. The Morgan fingerprint density at radius 3 is 2.95 bits per heavy atom. The standard InChI is InChI=1S/C14H23N7O/c1-4-5-21-10(2)17-18-13(21)8-20-7-11(22-3)6-12(20)14-15-9-16-19-14/h9,11-12H,4-8H2,1-3H3,(H,15,16,19)/t11-,12+/m1/s1. The average molecular weight is 305 g/mol. The number of aryl methyl sites for hydroxylation is 1. The lowest BCUT2D eigenvalue weighted by molar-refractivity contribution is 0.106. The van der Waals surface area contributed by atoms with E-state index in [1.165, 1.54) is 0 Å². The lowest BCUT2D eigenvalue weighted by Crippen LogP contribution is -2.27. The molecule has 8 nitrogen and oxygen atoms in total. The SMILES string of the molecule is CCCn1c(C)nnc1CN1C[C@H](OC)C[C@H]1c1ncn[nH]1. The smallest absolute Gasteiger partial charge is 0.147 e. The number of H-pyrrole nitrogens is 1. The van der Waals surface area contributed by atoms with Crippen LogP contribution in [0, 0.1) is 6.92 Å². The van der Waals surface area contributed by atoms with Crippen molar-refractivity contribution < 1.29 is 4.74 Å². The van der Waals surface area contributed by atoms with E-state index in [4.69, 9.17) is 4.74 Å². The summed E-state index contributed by atoms with van der Waals surface area (Å²) in [5, 5.41) is 15.5. The van der Waals surface area contributed by atoms with E-state index in [1.54, 1.807) is 13.4 Å². The van der Waals surface area contributed by atoms with Gasteiger partial charge < -0.3 is 9.30 Å². The first-order chi connectivity index (χ1) is 10.7. The number of nitrogens with one attached hydrogen (secondary N) is 1. The molecule has 0 amide bonds. The highest BCUT2D eigenvalue weighted by Gasteiger charge is 2.35. The van der Waals surface area contributed by atoms with Crippen LogP contribution in [0.25, 0.3) is 0 Å². The summed E-state index contributed by atoms with van der Waals surface area (Å²) in [6, 6.07) is 0.180. The van der Waals surface area contributed by atoms with Gasteiger partial charge >= 0.3 is 0 Å². The molecular weight excluding hydrogens is 282 g/mol. The number of hydrogen-bond acceptors (Lipinski definition) is 6. The molecule has 2 atom stereocenters. The van der Waals surface area contributed by atoms with Gasteiger partial charge in [-0.1, -0.05) is 6.92 Å². The van der Waals surface area contributed by atoms with Crippen molar-refractivity contribution >= 4 is 0 Å². The van der Waals surface area contributed by atoms with E-state index in [9.17, 15) is 0 Å². The first-order valence-electron chi connectivity index (χ1n) is 7.73. The second-order valence-electron chi connectivity index (χ2n) is 5.72. The lowest BCUT2D eigenvalue weighted by atomic mass is 10.2. The van der Waals surface area contributed by atoms with Crippen molar-refractivity contribution in [3.63, 3.8) is 0 Å². The third kappa shape index (κ3) is 2.89. The van der Waals surface area contributed by atoms with Gasteiger partial charge in [-0.3, -0.25) is 10.00 Å². The Balaban J connectivity index is 1.80. The van der Waals surface area contributed by atoms with Gasteiger partial charge in [0.1, 0.15) is 23.8 Å². The maximum Gasteiger partial charge on any atom is 0.147 e. The summed E-state index contributed by atoms with van der Waals surface area (Å²) in [4.78, 5) is 6.65. The third-order valence-corrected chi connectivity index (χ3v) is 4.25. The zero-order valence-electron chi connectivity index (χ0n) is 13.4. The molecule has 0 spiro atoms. The van der Waals surface area contributed by atoms with Crippen molar-refractivity contribution in [2.75, 3.05) is 13.7 Å². The Morgan fingerprint density at radius 2 is 2.27 bits per heavy atom. The number of rotatable bonds is 6. The molecule has 1 aliphatic heterocycles. The van der Waals surface area contributed by atoms with Crippen molar-refractivity contribution in [3.05, 3.63) is 23.8 Å². The summed E-state index contributed by atoms with van der Waals surface area (Å²) in [6.07, 6.45) is 3.74. The predicted molar refractivity (Wildman–Crippen MR) is 80.0 cm³/mol. The van der Waals surface area contributed by atoms with Gasteiger partial charge in [0.2, 0.25) is 0 Å². The van der Waals surface area contributed by atoms with Crippen molar-refractivity contribution in [1.29, 1.82) is 0 Å². The number of aromatic amines is 1. The van der Waals surface area contributed by atoms with Crippen LogP contribution in [0.3, 0.4) is 0 Å². The molecule has 1 N–H and O–H groups in total. The largest absolute Gasteiger partial charge is 0.380 e. The predicted octanol–water partition coefficient (Wildman–Crippen LogP) is 1.08. The Labute approximate surface area is 129 Å². The number of ether oxygens (including phenoxy) is 1. The molecule has 0 radical (unpaired) electrons. The molecule has 2 aromatic rings. The van der Waals surface area contributed by atoms with Crippen LogP contribution in [0.5, 0.6) is 0 Å². The minimum Gasteiger partial charge on any atom is -0.380 e. The van der Waals surface area contributed by atoms with E-state index in [2.05, 4.69) is 41.8 Å². The molecule has 3 heterocycles. The van der Waals surface area contributed by atoms with Gasteiger partial charge in [0.25, 0.3) is 0 Å². The fourth-order valence-corrected chi connectivity index (χ4v) is 3.10. The van der Waals surface area contributed by atoms with Crippen LogP contribution in [0.1, 0.15) is 43.3 Å². The number of likely N-dealkylation sites (tertiary alicyclic amines) is 1. The molecule has 8 heteroatoms. The van der Waals surface area contributed by atoms with Gasteiger partial charge in [-0.15, -0.1) is 10.2 Å². The fraction of sp³-hybridized carbons (Fsp3) is 0.714. The number of nitrogens with zero attached hydrogens (tertiary/aromatic N) is 6. The molecule has 0 bridgehead atoms. The Bertz CT molecular complexity index is 594. The molecule has 1 saturated heterocycles. The van der Waals surface area contributed by atoms with Gasteiger partial charge in [0.05, 0.1) is 18.7 Å². The topological polar surface area (TPSA) is 84.8 Å². The van der Waals surface area contributed by atoms with Crippen LogP contribution in [0.15, 0.2) is 6.33 Å². The third-order valence-electron chi connectivity index (χ3n) is 4.25. The molecule has 22 heavy (non-hydrogen) atoms. The van der Waals surface area contributed by atoms with E-state index in [0.29, 0.717) is 0 Å². The Kier molecular flexibility index (Phi) is 4.49. The van der Waals surface area contributed by atoms with Crippen molar-refractivity contribution in [1.82, 2.24) is 34.8 Å². The zero-order chi connectivity index (χ0) is 15.5. The van der Waals surface area contributed by atoms with Gasteiger partial charge in [-0.05, 0) is 19.8 Å². The van der Waals surface area contributed by atoms with Gasteiger partial charge in [-0.2, -0.15) is 5.10 Å². The van der Waals surface area contributed by atoms with Gasteiger partial charge in [-0.25, -0.2) is 4.98 Å². The monoisotopic (exact) mass is 305 g/mol. The summed E-state index contributed by atoms with van der Waals surface area (Å²) in [7, 11) is 1.76. The Morgan fingerprint density at radius 1 is 1.41 bits per heavy atom. The molecule has 2 aromatic heterocycles. The maximum atomic E-state index is 5.54. The summed E-state index contributed by atoms with van der Waals surface area (Å²) in [5.74, 6) is 2.86. The number of aromatic nitrogens is 6. The molecule has 3 rings (SSSR count). The van der Waals surface area contributed by atoms with E-state index in [0.717, 1.165) is 49.9 Å². The van der Waals surface area contributed by atoms with Crippen LogP contribution in [-0.2, 0) is 17.8 Å². The summed E-state index contributed by atoms with van der Waals surface area (Å²) < 4.78 is 7.74. The van der Waals surface area contributed by atoms with Crippen molar-refractivity contribution in [2.45, 2.75) is 51.9 Å². The van der Waals surface area contributed by atoms with Crippen LogP contribution in [-0.4, -0.2) is 54.6 Å². The van der Waals surface area contributed by atoms with E-state index >= 15 is 0 Å². The summed E-state index contributed by atoms with van der Waals surface area (Å²) in [6.45, 7) is 6.72. The van der Waals surface area contributed by atoms with E-state index in [-0.39, 0.29) is 12.1 Å². The first kappa shape index (κ1) is 15.1. The molecule has 0 aliphatic carbocycles. The van der Waals surface area contributed by atoms with E-state index < -0.39 is 0 Å². The molecule has 0 aromatic carbocycles. The van der Waals surface area contributed by atoms with E-state index in [1.807, 2.05) is 6.92 Å². The minimum absolute atomic E-state index is 0.180. The maximum absolute atomic E-state index is 5.54.